The fourth-order valence-electron chi connectivity index (χ4n) is 4.13. The molecule has 0 unspecified atom stereocenters. The SMILES string of the molecule is Cc1cc(C)c2cc(C(=O)O[C@H](C)C(=O)N3CCN(S(=O)(=O)c4ccccc4)CC3)[nH]c2c1. The fourth-order valence-corrected chi connectivity index (χ4v) is 5.57. The largest absolute Gasteiger partial charge is 0.448 e. The number of hydrogen-bond donors (Lipinski definition) is 1. The number of piperazine rings is 1. The van der Waals surface area contributed by atoms with Crippen LogP contribution >= 0.6 is 0 Å². The van der Waals surface area contributed by atoms with Crippen molar-refractivity contribution >= 4 is 32.8 Å². The van der Waals surface area contributed by atoms with Crippen LogP contribution in [0.15, 0.2) is 53.4 Å². The molecule has 0 saturated carbocycles. The molecule has 9 heteroatoms. The maximum Gasteiger partial charge on any atom is 0.355 e. The van der Waals surface area contributed by atoms with E-state index in [2.05, 4.69) is 4.98 Å². The molecule has 8 nitrogen and oxygen atoms in total. The van der Waals surface area contributed by atoms with Crippen LogP contribution in [0.25, 0.3) is 10.9 Å². The van der Waals surface area contributed by atoms with Crippen LogP contribution in [0.4, 0.5) is 0 Å². The van der Waals surface area contributed by atoms with Gasteiger partial charge in [-0.1, -0.05) is 24.3 Å². The minimum Gasteiger partial charge on any atom is -0.448 e. The van der Waals surface area contributed by atoms with Crippen LogP contribution in [0.1, 0.15) is 28.5 Å². The molecule has 1 fully saturated rings. The van der Waals surface area contributed by atoms with E-state index in [9.17, 15) is 18.0 Å². The second-order valence-corrected chi connectivity index (χ2v) is 10.3. The van der Waals surface area contributed by atoms with E-state index < -0.39 is 22.1 Å². The highest BCUT2D eigenvalue weighted by atomic mass is 32.2. The number of aryl methyl sites for hydroxylation is 2. The predicted molar refractivity (Wildman–Crippen MR) is 124 cm³/mol. The van der Waals surface area contributed by atoms with Crippen molar-refractivity contribution in [2.24, 2.45) is 0 Å². The van der Waals surface area contributed by atoms with E-state index in [-0.39, 0.29) is 42.7 Å². The van der Waals surface area contributed by atoms with Crippen molar-refractivity contribution in [3.8, 4) is 0 Å². The zero-order chi connectivity index (χ0) is 23.8. The van der Waals surface area contributed by atoms with Crippen molar-refractivity contribution in [2.45, 2.75) is 31.8 Å². The first-order valence-corrected chi connectivity index (χ1v) is 12.3. The molecular formula is C24H27N3O5S. The van der Waals surface area contributed by atoms with E-state index in [4.69, 9.17) is 4.74 Å². The molecule has 2 aromatic carbocycles. The summed E-state index contributed by atoms with van der Waals surface area (Å²) < 4.78 is 32.3. The molecule has 4 rings (SSSR count). The number of fused-ring (bicyclic) bond motifs is 1. The molecular weight excluding hydrogens is 442 g/mol. The Morgan fingerprint density at radius 3 is 2.33 bits per heavy atom. The Bertz CT molecular complexity index is 1290. The molecule has 1 aliphatic rings. The molecule has 1 aromatic heterocycles. The topological polar surface area (TPSA) is 99.8 Å². The summed E-state index contributed by atoms with van der Waals surface area (Å²) in [6.07, 6.45) is -0.982. The highest BCUT2D eigenvalue weighted by Gasteiger charge is 2.32. The number of carbonyl (C=O) groups is 2. The molecule has 174 valence electrons. The first-order valence-electron chi connectivity index (χ1n) is 10.8. The van der Waals surface area contributed by atoms with Gasteiger partial charge in [-0.2, -0.15) is 4.31 Å². The van der Waals surface area contributed by atoms with Gasteiger partial charge in [-0.05, 0) is 56.2 Å². The van der Waals surface area contributed by atoms with Crippen molar-refractivity contribution in [1.82, 2.24) is 14.2 Å². The molecule has 1 aliphatic heterocycles. The minimum absolute atomic E-state index is 0.185. The number of nitrogens with zero attached hydrogens (tertiary/aromatic N) is 2. The van der Waals surface area contributed by atoms with Crippen LogP contribution in [-0.4, -0.2) is 66.8 Å². The lowest BCUT2D eigenvalue weighted by Crippen LogP contribution is -2.52. The van der Waals surface area contributed by atoms with Crippen LogP contribution in [0.5, 0.6) is 0 Å². The third kappa shape index (κ3) is 4.65. The van der Waals surface area contributed by atoms with Crippen LogP contribution in [0, 0.1) is 13.8 Å². The van der Waals surface area contributed by atoms with Gasteiger partial charge in [0.25, 0.3) is 5.91 Å². The van der Waals surface area contributed by atoms with Gasteiger partial charge in [-0.15, -0.1) is 0 Å². The van der Waals surface area contributed by atoms with Crippen molar-refractivity contribution in [1.29, 1.82) is 0 Å². The van der Waals surface area contributed by atoms with E-state index in [1.807, 2.05) is 26.0 Å². The zero-order valence-corrected chi connectivity index (χ0v) is 19.7. The lowest BCUT2D eigenvalue weighted by molar-refractivity contribution is -0.141. The number of amides is 1. The molecule has 0 spiro atoms. The van der Waals surface area contributed by atoms with E-state index in [0.717, 1.165) is 22.0 Å². The zero-order valence-electron chi connectivity index (χ0n) is 18.9. The third-order valence-corrected chi connectivity index (χ3v) is 7.78. The Balaban J connectivity index is 1.37. The summed E-state index contributed by atoms with van der Waals surface area (Å²) in [4.78, 5) is 30.3. The summed E-state index contributed by atoms with van der Waals surface area (Å²) in [5, 5.41) is 0.933. The summed E-state index contributed by atoms with van der Waals surface area (Å²) >= 11 is 0. The smallest absolute Gasteiger partial charge is 0.355 e. The Hall–Kier alpha value is -3.17. The number of H-pyrrole nitrogens is 1. The van der Waals surface area contributed by atoms with Gasteiger partial charge in [0.05, 0.1) is 4.90 Å². The van der Waals surface area contributed by atoms with Crippen LogP contribution < -0.4 is 0 Å². The highest BCUT2D eigenvalue weighted by Crippen LogP contribution is 2.22. The first-order chi connectivity index (χ1) is 15.7. The van der Waals surface area contributed by atoms with Gasteiger partial charge in [0, 0.05) is 37.1 Å². The molecule has 0 radical (unpaired) electrons. The fraction of sp³-hybridized carbons (Fsp3) is 0.333. The second kappa shape index (κ2) is 8.99. The van der Waals surface area contributed by atoms with Gasteiger partial charge in [0.1, 0.15) is 5.69 Å². The average molecular weight is 470 g/mol. The van der Waals surface area contributed by atoms with Gasteiger partial charge in [-0.25, -0.2) is 13.2 Å². The molecule has 1 amide bonds. The summed E-state index contributed by atoms with van der Waals surface area (Å²) in [5.41, 5.74) is 3.26. The Morgan fingerprint density at radius 2 is 1.67 bits per heavy atom. The Labute approximate surface area is 193 Å². The first kappa shape index (κ1) is 23.0. The van der Waals surface area contributed by atoms with E-state index in [1.54, 1.807) is 36.4 Å². The standard InChI is InChI=1S/C24H27N3O5S/c1-16-13-17(2)20-15-22(25-21(20)14-16)24(29)32-18(3)23(28)26-9-11-27(12-10-26)33(30,31)19-7-5-4-6-8-19/h4-8,13-15,18,25H,9-12H2,1-3H3/t18-/m1/s1. The number of aromatic amines is 1. The number of rotatable bonds is 5. The highest BCUT2D eigenvalue weighted by molar-refractivity contribution is 7.89. The molecule has 0 aliphatic carbocycles. The average Bonchev–Trinajstić information content (AvgIpc) is 3.24. The van der Waals surface area contributed by atoms with Crippen LogP contribution in [0.3, 0.4) is 0 Å². The van der Waals surface area contributed by atoms with E-state index >= 15 is 0 Å². The predicted octanol–water partition coefficient (Wildman–Crippen LogP) is 2.86. The van der Waals surface area contributed by atoms with Crippen LogP contribution in [0.2, 0.25) is 0 Å². The monoisotopic (exact) mass is 469 g/mol. The van der Waals surface area contributed by atoms with Crippen molar-refractivity contribution in [3.05, 3.63) is 65.4 Å². The number of benzene rings is 2. The number of esters is 1. The van der Waals surface area contributed by atoms with Gasteiger partial charge < -0.3 is 14.6 Å². The van der Waals surface area contributed by atoms with Crippen molar-refractivity contribution in [3.63, 3.8) is 0 Å². The van der Waals surface area contributed by atoms with Gasteiger partial charge in [0.15, 0.2) is 6.10 Å². The maximum atomic E-state index is 12.8. The third-order valence-electron chi connectivity index (χ3n) is 5.87. The minimum atomic E-state index is -3.60. The van der Waals surface area contributed by atoms with Crippen molar-refractivity contribution in [2.75, 3.05) is 26.2 Å². The summed E-state index contributed by atoms with van der Waals surface area (Å²) in [6.45, 7) is 6.33. The van der Waals surface area contributed by atoms with Gasteiger partial charge in [-0.3, -0.25) is 4.79 Å². The Kier molecular flexibility index (Phi) is 6.27. The number of carbonyl (C=O) groups excluding carboxylic acids is 2. The summed E-state index contributed by atoms with van der Waals surface area (Å²) in [6, 6.07) is 14.0. The second-order valence-electron chi connectivity index (χ2n) is 8.32. The summed E-state index contributed by atoms with van der Waals surface area (Å²) in [7, 11) is -3.60. The molecule has 1 N–H and O–H groups in total. The van der Waals surface area contributed by atoms with Gasteiger partial charge in [0.2, 0.25) is 10.0 Å². The molecule has 3 aromatic rings. The maximum absolute atomic E-state index is 12.8. The van der Waals surface area contributed by atoms with Gasteiger partial charge >= 0.3 is 5.97 Å². The van der Waals surface area contributed by atoms with E-state index in [1.165, 1.54) is 16.1 Å². The normalized spacial score (nSPS) is 16.0. The molecule has 1 atom stereocenters. The van der Waals surface area contributed by atoms with E-state index in [0.29, 0.717) is 0 Å². The number of aromatic nitrogens is 1. The number of nitrogens with one attached hydrogen (secondary N) is 1. The lowest BCUT2D eigenvalue weighted by Gasteiger charge is -2.35. The quantitative estimate of drug-likeness (QED) is 0.579. The molecule has 33 heavy (non-hydrogen) atoms. The molecule has 0 bridgehead atoms. The lowest BCUT2D eigenvalue weighted by atomic mass is 10.1. The molecule has 1 saturated heterocycles. The summed E-state index contributed by atoms with van der Waals surface area (Å²) in [5.74, 6) is -0.947. The number of sulfonamides is 1. The van der Waals surface area contributed by atoms with Crippen LogP contribution in [-0.2, 0) is 19.6 Å². The number of ether oxygens (including phenoxy) is 1. The Morgan fingerprint density at radius 1 is 1.00 bits per heavy atom. The van der Waals surface area contributed by atoms with Crippen molar-refractivity contribution < 1.29 is 22.7 Å². The number of hydrogen-bond acceptors (Lipinski definition) is 5. The molecule has 2 heterocycles.